The number of rotatable bonds is 1. The van der Waals surface area contributed by atoms with Crippen LogP contribution in [0.3, 0.4) is 0 Å². The van der Waals surface area contributed by atoms with E-state index in [9.17, 15) is 13.2 Å². The zero-order chi connectivity index (χ0) is 8.43. The normalized spacial score (nSPS) is 10.5. The van der Waals surface area contributed by atoms with Gasteiger partial charge in [0.25, 0.3) is 6.43 Å². The average Bonchev–Trinajstić information content (AvgIpc) is 1.94. The first-order valence-electron chi connectivity index (χ1n) is 2.80. The molecule has 2 nitrogen and oxygen atoms in total. The predicted molar refractivity (Wildman–Crippen MR) is 33.6 cm³/mol. The van der Waals surface area contributed by atoms with Crippen molar-refractivity contribution in [3.63, 3.8) is 0 Å². The maximum absolute atomic E-state index is 12.4. The third kappa shape index (κ3) is 1.60. The molecule has 0 spiro atoms. The van der Waals surface area contributed by atoms with E-state index in [-0.39, 0.29) is 5.69 Å². The lowest BCUT2D eigenvalue weighted by Crippen LogP contribution is -1.96. The van der Waals surface area contributed by atoms with Crippen molar-refractivity contribution in [2.75, 3.05) is 5.73 Å². The summed E-state index contributed by atoms with van der Waals surface area (Å²) in [5, 5.41) is 0. The van der Waals surface area contributed by atoms with Crippen molar-refractivity contribution in [1.82, 2.24) is 4.98 Å². The Labute approximate surface area is 60.9 Å². The molecule has 0 unspecified atom stereocenters. The summed E-state index contributed by atoms with van der Waals surface area (Å²) < 4.78 is 36.1. The fraction of sp³-hybridized carbons (Fsp3) is 0.167. The number of nitrogen functional groups attached to an aromatic ring is 1. The van der Waals surface area contributed by atoms with Crippen LogP contribution in [0.25, 0.3) is 0 Å². The smallest absolute Gasteiger partial charge is 0.280 e. The molecule has 0 saturated carbocycles. The second-order valence-corrected chi connectivity index (χ2v) is 1.93. The topological polar surface area (TPSA) is 38.9 Å². The third-order valence-corrected chi connectivity index (χ3v) is 1.13. The van der Waals surface area contributed by atoms with Gasteiger partial charge in [0.05, 0.1) is 11.9 Å². The fourth-order valence-electron chi connectivity index (χ4n) is 0.576. The van der Waals surface area contributed by atoms with Crippen LogP contribution >= 0.6 is 0 Å². The Bertz CT molecular complexity index is 262. The van der Waals surface area contributed by atoms with E-state index < -0.39 is 17.9 Å². The molecule has 1 aromatic rings. The minimum atomic E-state index is -2.76. The summed E-state index contributed by atoms with van der Waals surface area (Å²) in [6.07, 6.45) is -1.89. The molecule has 0 saturated heterocycles. The molecule has 1 aromatic heterocycles. The Balaban J connectivity index is 3.05. The van der Waals surface area contributed by atoms with Gasteiger partial charge in [-0.3, -0.25) is 4.98 Å². The number of hydrogen-bond acceptors (Lipinski definition) is 2. The Kier molecular flexibility index (Phi) is 1.98. The number of pyridine rings is 1. The second kappa shape index (κ2) is 2.77. The monoisotopic (exact) mass is 162 g/mol. The minimum Gasteiger partial charge on any atom is -0.395 e. The number of alkyl halides is 2. The SMILES string of the molecule is Nc1cnc(C(F)F)cc1F. The Hall–Kier alpha value is -1.26. The zero-order valence-electron chi connectivity index (χ0n) is 5.39. The van der Waals surface area contributed by atoms with E-state index in [0.29, 0.717) is 6.07 Å². The maximum Gasteiger partial charge on any atom is 0.280 e. The fourth-order valence-corrected chi connectivity index (χ4v) is 0.576. The molecular formula is C6H5F3N2. The summed E-state index contributed by atoms with van der Waals surface area (Å²) in [6, 6.07) is 0.625. The predicted octanol–water partition coefficient (Wildman–Crippen LogP) is 1.74. The van der Waals surface area contributed by atoms with Gasteiger partial charge in [-0.1, -0.05) is 0 Å². The van der Waals surface area contributed by atoms with Gasteiger partial charge in [-0.25, -0.2) is 13.2 Å². The lowest BCUT2D eigenvalue weighted by Gasteiger charge is -1.99. The van der Waals surface area contributed by atoms with Gasteiger partial charge in [0.2, 0.25) is 0 Å². The van der Waals surface area contributed by atoms with Crippen LogP contribution in [0.4, 0.5) is 18.9 Å². The first-order chi connectivity index (χ1) is 5.11. The van der Waals surface area contributed by atoms with Crippen LogP contribution in [-0.2, 0) is 0 Å². The lowest BCUT2D eigenvalue weighted by molar-refractivity contribution is 0.145. The molecule has 0 amide bonds. The summed E-state index contributed by atoms with van der Waals surface area (Å²) in [6.45, 7) is 0. The Morgan fingerprint density at radius 3 is 2.55 bits per heavy atom. The van der Waals surface area contributed by atoms with Crippen molar-refractivity contribution in [2.24, 2.45) is 0 Å². The van der Waals surface area contributed by atoms with Crippen molar-refractivity contribution in [3.05, 3.63) is 23.8 Å². The van der Waals surface area contributed by atoms with Crippen molar-refractivity contribution >= 4 is 5.69 Å². The maximum atomic E-state index is 12.4. The van der Waals surface area contributed by atoms with Gasteiger partial charge in [0.1, 0.15) is 11.5 Å². The second-order valence-electron chi connectivity index (χ2n) is 1.93. The molecule has 2 N–H and O–H groups in total. The molecule has 0 aromatic carbocycles. The first-order valence-corrected chi connectivity index (χ1v) is 2.80. The van der Waals surface area contributed by atoms with Gasteiger partial charge in [-0.15, -0.1) is 0 Å². The molecular weight excluding hydrogens is 157 g/mol. The van der Waals surface area contributed by atoms with Gasteiger partial charge < -0.3 is 5.73 Å². The summed E-state index contributed by atoms with van der Waals surface area (Å²) in [5.74, 6) is -0.865. The number of nitrogens with two attached hydrogens (primary N) is 1. The van der Waals surface area contributed by atoms with E-state index in [0.717, 1.165) is 6.20 Å². The molecule has 0 fully saturated rings. The highest BCUT2D eigenvalue weighted by Gasteiger charge is 2.10. The van der Waals surface area contributed by atoms with Gasteiger partial charge in [0.15, 0.2) is 0 Å². The average molecular weight is 162 g/mol. The summed E-state index contributed by atoms with van der Waals surface area (Å²) in [4.78, 5) is 3.22. The number of hydrogen-bond donors (Lipinski definition) is 1. The van der Waals surface area contributed by atoms with Crippen LogP contribution in [-0.4, -0.2) is 4.98 Å². The quantitative estimate of drug-likeness (QED) is 0.683. The van der Waals surface area contributed by atoms with E-state index in [1.165, 1.54) is 0 Å². The number of halogens is 3. The van der Waals surface area contributed by atoms with Crippen molar-refractivity contribution in [2.45, 2.75) is 6.43 Å². The minimum absolute atomic E-state index is 0.227. The number of anilines is 1. The van der Waals surface area contributed by atoms with Gasteiger partial charge in [0, 0.05) is 6.07 Å². The molecule has 1 heterocycles. The molecule has 1 rings (SSSR count). The molecule has 0 aliphatic rings. The van der Waals surface area contributed by atoms with Gasteiger partial charge in [-0.2, -0.15) is 0 Å². The number of aromatic nitrogens is 1. The van der Waals surface area contributed by atoms with Crippen LogP contribution < -0.4 is 5.73 Å². The van der Waals surface area contributed by atoms with Gasteiger partial charge >= 0.3 is 0 Å². The molecule has 11 heavy (non-hydrogen) atoms. The highest BCUT2D eigenvalue weighted by Crippen LogP contribution is 2.18. The molecule has 5 heteroatoms. The Morgan fingerprint density at radius 1 is 1.45 bits per heavy atom. The molecule has 0 atom stereocenters. The standard InChI is InChI=1S/C6H5F3N2/c7-3-1-5(6(8)9)11-2-4(3)10/h1-2,6H,10H2. The lowest BCUT2D eigenvalue weighted by atomic mass is 10.3. The molecule has 60 valence electrons. The van der Waals surface area contributed by atoms with Crippen molar-refractivity contribution in [1.29, 1.82) is 0 Å². The molecule has 0 aliphatic heterocycles. The Morgan fingerprint density at radius 2 is 2.09 bits per heavy atom. The van der Waals surface area contributed by atoms with E-state index in [1.807, 2.05) is 0 Å². The molecule has 0 radical (unpaired) electrons. The number of nitrogens with zero attached hydrogens (tertiary/aromatic N) is 1. The summed E-state index contributed by atoms with van der Waals surface area (Å²) in [7, 11) is 0. The van der Waals surface area contributed by atoms with E-state index in [2.05, 4.69) is 4.98 Å². The van der Waals surface area contributed by atoms with E-state index in [1.54, 1.807) is 0 Å². The van der Waals surface area contributed by atoms with Crippen LogP contribution in [0.5, 0.6) is 0 Å². The highest BCUT2D eigenvalue weighted by molar-refractivity contribution is 5.36. The summed E-state index contributed by atoms with van der Waals surface area (Å²) >= 11 is 0. The molecule has 0 bridgehead atoms. The van der Waals surface area contributed by atoms with E-state index in [4.69, 9.17) is 5.73 Å². The van der Waals surface area contributed by atoms with E-state index >= 15 is 0 Å². The highest BCUT2D eigenvalue weighted by atomic mass is 19.3. The van der Waals surface area contributed by atoms with Crippen molar-refractivity contribution < 1.29 is 13.2 Å². The van der Waals surface area contributed by atoms with Crippen LogP contribution in [0.15, 0.2) is 12.3 Å². The van der Waals surface area contributed by atoms with Crippen LogP contribution in [0.1, 0.15) is 12.1 Å². The van der Waals surface area contributed by atoms with Crippen LogP contribution in [0.2, 0.25) is 0 Å². The molecule has 0 aliphatic carbocycles. The van der Waals surface area contributed by atoms with Gasteiger partial charge in [-0.05, 0) is 0 Å². The largest absolute Gasteiger partial charge is 0.395 e. The van der Waals surface area contributed by atoms with Crippen LogP contribution in [0, 0.1) is 5.82 Å². The van der Waals surface area contributed by atoms with Crippen molar-refractivity contribution in [3.8, 4) is 0 Å². The third-order valence-electron chi connectivity index (χ3n) is 1.13. The zero-order valence-corrected chi connectivity index (χ0v) is 5.39. The first kappa shape index (κ1) is 7.84. The summed E-state index contributed by atoms with van der Waals surface area (Å²) in [5.41, 5.74) is 4.18.